The minimum atomic E-state index is -3.68. The van der Waals surface area contributed by atoms with Gasteiger partial charge in [-0.25, -0.2) is 8.42 Å². The zero-order chi connectivity index (χ0) is 19.4. The first kappa shape index (κ1) is 20.2. The topological polar surface area (TPSA) is 82.0 Å². The second kappa shape index (κ2) is 8.03. The maximum absolute atomic E-state index is 12.2. The van der Waals surface area contributed by atoms with Gasteiger partial charge in [0, 0.05) is 19.1 Å². The second-order valence-corrected chi connectivity index (χ2v) is 8.96. The van der Waals surface area contributed by atoms with E-state index < -0.39 is 26.7 Å². The van der Waals surface area contributed by atoms with Crippen LogP contribution in [0.25, 0.3) is 6.08 Å². The Morgan fingerprint density at radius 1 is 1.38 bits per heavy atom. The third-order valence-electron chi connectivity index (χ3n) is 4.48. The number of benzene rings is 1. The Morgan fingerprint density at radius 2 is 2.04 bits per heavy atom. The van der Waals surface area contributed by atoms with E-state index in [1.54, 1.807) is 6.92 Å². The van der Waals surface area contributed by atoms with Gasteiger partial charge in [0.15, 0.2) is 14.6 Å². The Kier molecular flexibility index (Phi) is 6.23. The van der Waals surface area contributed by atoms with Crippen LogP contribution in [0.2, 0.25) is 0 Å². The predicted molar refractivity (Wildman–Crippen MR) is 102 cm³/mol. The SMILES string of the molecule is CC=Cc1ccc(C2=NOC(CC(C)(C(=O)OCC)S(C)(=O)=O)C2)cc1. The predicted octanol–water partition coefficient (Wildman–Crippen LogP) is 2.97. The lowest BCUT2D eigenvalue weighted by Gasteiger charge is -2.27. The van der Waals surface area contributed by atoms with Crippen molar-refractivity contribution in [2.45, 2.75) is 44.5 Å². The van der Waals surface area contributed by atoms with Gasteiger partial charge in [-0.05, 0) is 31.9 Å². The fourth-order valence-electron chi connectivity index (χ4n) is 2.79. The molecule has 2 unspecified atom stereocenters. The van der Waals surface area contributed by atoms with Crippen LogP contribution in [0.15, 0.2) is 35.5 Å². The number of hydrogen-bond acceptors (Lipinski definition) is 6. The zero-order valence-electron chi connectivity index (χ0n) is 15.6. The molecule has 0 saturated heterocycles. The Hall–Kier alpha value is -2.15. The van der Waals surface area contributed by atoms with Gasteiger partial charge in [0.25, 0.3) is 0 Å². The van der Waals surface area contributed by atoms with Crippen molar-refractivity contribution in [1.82, 2.24) is 0 Å². The van der Waals surface area contributed by atoms with E-state index in [9.17, 15) is 13.2 Å². The lowest BCUT2D eigenvalue weighted by molar-refractivity contribution is -0.146. The molecule has 2 rings (SSSR count). The molecule has 0 aromatic heterocycles. The molecule has 142 valence electrons. The number of carbonyl (C=O) groups excluding carboxylic acids is 1. The van der Waals surface area contributed by atoms with Crippen LogP contribution < -0.4 is 0 Å². The number of rotatable bonds is 7. The van der Waals surface area contributed by atoms with E-state index >= 15 is 0 Å². The molecule has 0 bridgehead atoms. The molecule has 26 heavy (non-hydrogen) atoms. The molecule has 0 N–H and O–H groups in total. The van der Waals surface area contributed by atoms with Gasteiger partial charge in [-0.15, -0.1) is 0 Å². The first-order valence-corrected chi connectivity index (χ1v) is 10.4. The average molecular weight is 379 g/mol. The van der Waals surface area contributed by atoms with Crippen LogP contribution in [0.1, 0.15) is 44.7 Å². The first-order valence-electron chi connectivity index (χ1n) is 8.54. The number of hydrogen-bond donors (Lipinski definition) is 0. The van der Waals surface area contributed by atoms with E-state index in [1.165, 1.54) is 6.92 Å². The molecule has 1 aromatic rings. The number of nitrogens with zero attached hydrogens (tertiary/aromatic N) is 1. The quantitative estimate of drug-likeness (QED) is 0.680. The van der Waals surface area contributed by atoms with Crippen molar-refractivity contribution in [3.05, 3.63) is 41.5 Å². The van der Waals surface area contributed by atoms with Gasteiger partial charge in [-0.1, -0.05) is 41.6 Å². The average Bonchev–Trinajstić information content (AvgIpc) is 3.03. The third-order valence-corrected chi connectivity index (χ3v) is 6.45. The fourth-order valence-corrected chi connectivity index (χ4v) is 3.64. The minimum Gasteiger partial charge on any atom is -0.465 e. The summed E-state index contributed by atoms with van der Waals surface area (Å²) in [5, 5.41) is 4.09. The number of allylic oxidation sites excluding steroid dienone is 1. The molecule has 2 atom stereocenters. The molecule has 6 nitrogen and oxygen atoms in total. The summed E-state index contributed by atoms with van der Waals surface area (Å²) in [4.78, 5) is 17.7. The highest BCUT2D eigenvalue weighted by Gasteiger charge is 2.48. The van der Waals surface area contributed by atoms with E-state index in [1.807, 2.05) is 43.3 Å². The minimum absolute atomic E-state index is 0.00563. The summed E-state index contributed by atoms with van der Waals surface area (Å²) in [7, 11) is -3.68. The van der Waals surface area contributed by atoms with Crippen molar-refractivity contribution in [3.63, 3.8) is 0 Å². The monoisotopic (exact) mass is 379 g/mol. The number of carbonyl (C=O) groups is 1. The van der Waals surface area contributed by atoms with Gasteiger partial charge in [0.1, 0.15) is 6.10 Å². The standard InChI is InChI=1S/C19H25NO5S/c1-5-7-14-8-10-15(11-9-14)17-12-16(25-20-17)13-19(3,26(4,22)23)18(21)24-6-2/h5,7-11,16H,6,12-13H2,1-4H3. The number of sulfone groups is 1. The lowest BCUT2D eigenvalue weighted by atomic mass is 9.96. The van der Waals surface area contributed by atoms with E-state index in [4.69, 9.17) is 9.57 Å². The smallest absolute Gasteiger partial charge is 0.327 e. The van der Waals surface area contributed by atoms with Crippen molar-refractivity contribution in [2.75, 3.05) is 12.9 Å². The van der Waals surface area contributed by atoms with E-state index in [-0.39, 0.29) is 13.0 Å². The van der Waals surface area contributed by atoms with Gasteiger partial charge in [-0.3, -0.25) is 4.79 Å². The molecule has 0 saturated carbocycles. The molecule has 0 spiro atoms. The van der Waals surface area contributed by atoms with Crippen LogP contribution in [-0.2, 0) is 24.2 Å². The second-order valence-electron chi connectivity index (χ2n) is 6.52. The molecular weight excluding hydrogens is 354 g/mol. The van der Waals surface area contributed by atoms with Crippen LogP contribution in [0.3, 0.4) is 0 Å². The van der Waals surface area contributed by atoms with E-state index in [2.05, 4.69) is 5.16 Å². The largest absolute Gasteiger partial charge is 0.465 e. The molecule has 0 aliphatic carbocycles. The molecule has 1 aliphatic heterocycles. The number of oxime groups is 1. The Labute approximate surface area is 154 Å². The first-order chi connectivity index (χ1) is 12.2. The molecule has 1 heterocycles. The number of ether oxygens (including phenoxy) is 1. The summed E-state index contributed by atoms with van der Waals surface area (Å²) in [6, 6.07) is 7.84. The van der Waals surface area contributed by atoms with Gasteiger partial charge < -0.3 is 9.57 Å². The van der Waals surface area contributed by atoms with E-state index in [0.717, 1.165) is 23.1 Å². The van der Waals surface area contributed by atoms with Gasteiger partial charge in [-0.2, -0.15) is 0 Å². The molecular formula is C19H25NO5S. The normalized spacial score (nSPS) is 19.7. The Bertz CT molecular complexity index is 811. The highest BCUT2D eigenvalue weighted by molar-refractivity contribution is 7.92. The van der Waals surface area contributed by atoms with Crippen LogP contribution in [0, 0.1) is 0 Å². The van der Waals surface area contributed by atoms with Crippen molar-refractivity contribution < 1.29 is 22.8 Å². The molecule has 0 radical (unpaired) electrons. The fraction of sp³-hybridized carbons (Fsp3) is 0.474. The van der Waals surface area contributed by atoms with Crippen molar-refractivity contribution >= 4 is 27.6 Å². The summed E-state index contributed by atoms with van der Waals surface area (Å²) < 4.78 is 27.7. The van der Waals surface area contributed by atoms with Gasteiger partial charge in [0.2, 0.25) is 0 Å². The molecule has 7 heteroatoms. The molecule has 0 amide bonds. The maximum atomic E-state index is 12.2. The van der Waals surface area contributed by atoms with Crippen molar-refractivity contribution in [2.24, 2.45) is 5.16 Å². The summed E-state index contributed by atoms with van der Waals surface area (Å²) in [6.07, 6.45) is 4.94. The van der Waals surface area contributed by atoms with Crippen molar-refractivity contribution in [1.29, 1.82) is 0 Å². The molecule has 1 aliphatic rings. The third kappa shape index (κ3) is 4.33. The lowest BCUT2D eigenvalue weighted by Crippen LogP contribution is -2.47. The van der Waals surface area contributed by atoms with Crippen LogP contribution in [0.4, 0.5) is 0 Å². The highest BCUT2D eigenvalue weighted by Crippen LogP contribution is 2.30. The summed E-state index contributed by atoms with van der Waals surface area (Å²) in [5.74, 6) is -0.754. The maximum Gasteiger partial charge on any atom is 0.327 e. The Morgan fingerprint density at radius 3 is 2.58 bits per heavy atom. The number of esters is 1. The van der Waals surface area contributed by atoms with Gasteiger partial charge >= 0.3 is 5.97 Å². The summed E-state index contributed by atoms with van der Waals surface area (Å²) in [6.45, 7) is 5.10. The molecule has 1 aromatic carbocycles. The van der Waals surface area contributed by atoms with Crippen molar-refractivity contribution in [3.8, 4) is 0 Å². The van der Waals surface area contributed by atoms with Crippen LogP contribution >= 0.6 is 0 Å². The zero-order valence-corrected chi connectivity index (χ0v) is 16.4. The Balaban J connectivity index is 2.12. The van der Waals surface area contributed by atoms with Crippen LogP contribution in [0.5, 0.6) is 0 Å². The summed E-state index contributed by atoms with van der Waals surface area (Å²) >= 11 is 0. The highest BCUT2D eigenvalue weighted by atomic mass is 32.2. The molecule has 0 fully saturated rings. The summed E-state index contributed by atoms with van der Waals surface area (Å²) in [5.41, 5.74) is 2.74. The van der Waals surface area contributed by atoms with E-state index in [0.29, 0.717) is 6.42 Å². The van der Waals surface area contributed by atoms with Crippen LogP contribution in [-0.4, -0.2) is 43.8 Å². The van der Waals surface area contributed by atoms with Gasteiger partial charge in [0.05, 0.1) is 12.3 Å².